The molecule has 1 N–H and O–H groups in total. The number of ether oxygens (including phenoxy) is 1. The van der Waals surface area contributed by atoms with Crippen LogP contribution in [0, 0.1) is 13.8 Å². The molecule has 0 spiro atoms. The fourth-order valence-corrected chi connectivity index (χ4v) is 2.69. The lowest BCUT2D eigenvalue weighted by Crippen LogP contribution is -2.18. The lowest BCUT2D eigenvalue weighted by molar-refractivity contribution is 0.414. The first-order valence-corrected chi connectivity index (χ1v) is 7.77. The monoisotopic (exact) mass is 323 g/mol. The van der Waals surface area contributed by atoms with Crippen LogP contribution in [0.1, 0.15) is 28.8 Å². The van der Waals surface area contributed by atoms with Crippen LogP contribution in [0.4, 0.5) is 5.95 Å². The second-order valence-corrected chi connectivity index (χ2v) is 5.72. The molecule has 1 unspecified atom stereocenters. The summed E-state index contributed by atoms with van der Waals surface area (Å²) in [5, 5.41) is 3.41. The van der Waals surface area contributed by atoms with Gasteiger partial charge in [-0.3, -0.25) is 0 Å². The maximum absolute atomic E-state index is 5.35. The van der Waals surface area contributed by atoms with Gasteiger partial charge in [0.2, 0.25) is 5.95 Å². The van der Waals surface area contributed by atoms with Crippen LogP contribution >= 0.6 is 0 Å². The summed E-state index contributed by atoms with van der Waals surface area (Å²) in [4.78, 5) is 13.5. The number of aryl methyl sites for hydroxylation is 3. The van der Waals surface area contributed by atoms with E-state index in [0.29, 0.717) is 5.95 Å². The number of aromatic nitrogens is 4. The smallest absolute Gasteiger partial charge is 0.223 e. The molecule has 24 heavy (non-hydrogen) atoms. The third-order valence-electron chi connectivity index (χ3n) is 3.80. The van der Waals surface area contributed by atoms with E-state index >= 15 is 0 Å². The Morgan fingerprint density at radius 2 is 1.88 bits per heavy atom. The second kappa shape index (κ2) is 6.70. The minimum absolute atomic E-state index is 0.179. The number of nitrogens with one attached hydrogen (secondary N) is 1. The lowest BCUT2D eigenvalue weighted by atomic mass is 10.1. The van der Waals surface area contributed by atoms with Crippen molar-refractivity contribution in [2.45, 2.75) is 19.9 Å². The Bertz CT molecular complexity index is 823. The Kier molecular flexibility index (Phi) is 4.46. The first kappa shape index (κ1) is 16.0. The SMILES string of the molecule is COc1cccc(C(Nc2nc(C)cc(C)n2)c2nccn2C)c1. The number of benzene rings is 1. The average molecular weight is 323 g/mol. The van der Waals surface area contributed by atoms with Crippen molar-refractivity contribution >= 4 is 5.95 Å². The van der Waals surface area contributed by atoms with Gasteiger partial charge >= 0.3 is 0 Å². The Balaban J connectivity index is 2.03. The largest absolute Gasteiger partial charge is 0.497 e. The number of hydrogen-bond acceptors (Lipinski definition) is 5. The standard InChI is InChI=1S/C18H21N5O/c1-12-10-13(2)21-18(20-12)22-16(17-19-8-9-23(17)3)14-6-5-7-15(11-14)24-4/h5-11,16H,1-4H3,(H,20,21,22). The van der Waals surface area contributed by atoms with Gasteiger partial charge in [-0.2, -0.15) is 0 Å². The molecule has 0 aliphatic rings. The van der Waals surface area contributed by atoms with E-state index in [0.717, 1.165) is 28.5 Å². The van der Waals surface area contributed by atoms with Gasteiger partial charge in [0.1, 0.15) is 17.6 Å². The molecule has 0 saturated heterocycles. The minimum atomic E-state index is -0.179. The summed E-state index contributed by atoms with van der Waals surface area (Å²) in [5.41, 5.74) is 2.88. The van der Waals surface area contributed by atoms with Gasteiger partial charge in [0.15, 0.2) is 0 Å². The quantitative estimate of drug-likeness (QED) is 0.782. The number of anilines is 1. The van der Waals surface area contributed by atoms with E-state index in [1.165, 1.54) is 0 Å². The molecule has 0 radical (unpaired) electrons. The summed E-state index contributed by atoms with van der Waals surface area (Å²) in [6.07, 6.45) is 3.71. The van der Waals surface area contributed by atoms with Gasteiger partial charge in [-0.05, 0) is 37.6 Å². The van der Waals surface area contributed by atoms with E-state index in [9.17, 15) is 0 Å². The van der Waals surface area contributed by atoms with Crippen LogP contribution in [0.3, 0.4) is 0 Å². The van der Waals surface area contributed by atoms with Crippen molar-refractivity contribution in [2.75, 3.05) is 12.4 Å². The molecular formula is C18H21N5O. The molecule has 3 rings (SSSR count). The maximum atomic E-state index is 5.35. The zero-order chi connectivity index (χ0) is 17.1. The van der Waals surface area contributed by atoms with Crippen LogP contribution in [0.15, 0.2) is 42.7 Å². The summed E-state index contributed by atoms with van der Waals surface area (Å²) in [7, 11) is 3.63. The van der Waals surface area contributed by atoms with E-state index in [1.807, 2.05) is 62.0 Å². The fourth-order valence-electron chi connectivity index (χ4n) is 2.69. The maximum Gasteiger partial charge on any atom is 0.223 e. The van der Waals surface area contributed by atoms with Gasteiger partial charge in [-0.1, -0.05) is 12.1 Å². The Morgan fingerprint density at radius 1 is 1.12 bits per heavy atom. The van der Waals surface area contributed by atoms with Crippen molar-refractivity contribution in [1.29, 1.82) is 0 Å². The molecule has 0 bridgehead atoms. The molecule has 2 aromatic heterocycles. The molecule has 1 atom stereocenters. The molecule has 2 heterocycles. The van der Waals surface area contributed by atoms with Crippen molar-refractivity contribution in [3.05, 3.63) is 65.5 Å². The molecule has 0 fully saturated rings. The van der Waals surface area contributed by atoms with E-state index in [4.69, 9.17) is 4.74 Å². The third-order valence-corrected chi connectivity index (χ3v) is 3.80. The van der Waals surface area contributed by atoms with Gasteiger partial charge in [0.05, 0.1) is 7.11 Å². The summed E-state index contributed by atoms with van der Waals surface area (Å²) in [5.74, 6) is 2.27. The molecule has 6 nitrogen and oxygen atoms in total. The highest BCUT2D eigenvalue weighted by Crippen LogP contribution is 2.27. The molecule has 0 amide bonds. The fraction of sp³-hybridized carbons (Fsp3) is 0.278. The molecule has 0 aliphatic heterocycles. The zero-order valence-electron chi connectivity index (χ0n) is 14.3. The minimum Gasteiger partial charge on any atom is -0.497 e. The lowest BCUT2D eigenvalue weighted by Gasteiger charge is -2.20. The van der Waals surface area contributed by atoms with Crippen molar-refractivity contribution in [2.24, 2.45) is 7.05 Å². The van der Waals surface area contributed by atoms with Crippen molar-refractivity contribution in [3.63, 3.8) is 0 Å². The molecule has 0 saturated carbocycles. The van der Waals surface area contributed by atoms with Crippen LogP contribution in [0.5, 0.6) is 5.75 Å². The van der Waals surface area contributed by atoms with Gasteiger partial charge < -0.3 is 14.6 Å². The summed E-state index contributed by atoms with van der Waals surface area (Å²) >= 11 is 0. The highest BCUT2D eigenvalue weighted by Gasteiger charge is 2.20. The van der Waals surface area contributed by atoms with Crippen LogP contribution in [-0.2, 0) is 7.05 Å². The predicted octanol–water partition coefficient (Wildman–Crippen LogP) is 3.04. The molecular weight excluding hydrogens is 302 g/mol. The van der Waals surface area contributed by atoms with Gasteiger partial charge in [-0.25, -0.2) is 15.0 Å². The van der Waals surface area contributed by atoms with E-state index < -0.39 is 0 Å². The molecule has 6 heteroatoms. The van der Waals surface area contributed by atoms with E-state index in [-0.39, 0.29) is 6.04 Å². The van der Waals surface area contributed by atoms with Crippen molar-refractivity contribution in [1.82, 2.24) is 19.5 Å². The Morgan fingerprint density at radius 3 is 2.50 bits per heavy atom. The van der Waals surface area contributed by atoms with E-state index in [2.05, 4.69) is 20.3 Å². The summed E-state index contributed by atoms with van der Waals surface area (Å²) in [6, 6.07) is 9.70. The van der Waals surface area contributed by atoms with E-state index in [1.54, 1.807) is 13.3 Å². The first-order valence-electron chi connectivity index (χ1n) is 7.77. The normalized spacial score (nSPS) is 12.0. The van der Waals surface area contributed by atoms with Gasteiger partial charge in [0, 0.05) is 30.8 Å². The predicted molar refractivity (Wildman–Crippen MR) is 93.2 cm³/mol. The molecule has 0 aliphatic carbocycles. The van der Waals surface area contributed by atoms with Gasteiger partial charge in [-0.15, -0.1) is 0 Å². The van der Waals surface area contributed by atoms with Crippen molar-refractivity contribution < 1.29 is 4.74 Å². The first-order chi connectivity index (χ1) is 11.6. The number of methoxy groups -OCH3 is 1. The van der Waals surface area contributed by atoms with Crippen LogP contribution in [0.2, 0.25) is 0 Å². The molecule has 124 valence electrons. The molecule has 1 aromatic carbocycles. The molecule has 3 aromatic rings. The summed E-state index contributed by atoms with van der Waals surface area (Å²) in [6.45, 7) is 3.92. The number of imidazole rings is 1. The number of rotatable bonds is 5. The third kappa shape index (κ3) is 3.37. The Hall–Kier alpha value is -2.89. The topological polar surface area (TPSA) is 64.9 Å². The highest BCUT2D eigenvalue weighted by molar-refractivity contribution is 5.41. The van der Waals surface area contributed by atoms with Crippen LogP contribution < -0.4 is 10.1 Å². The van der Waals surface area contributed by atoms with Crippen molar-refractivity contribution in [3.8, 4) is 5.75 Å². The van der Waals surface area contributed by atoms with Gasteiger partial charge in [0.25, 0.3) is 0 Å². The highest BCUT2D eigenvalue weighted by atomic mass is 16.5. The summed E-state index contributed by atoms with van der Waals surface area (Å²) < 4.78 is 7.34. The average Bonchev–Trinajstić information content (AvgIpc) is 2.97. The number of nitrogens with zero attached hydrogens (tertiary/aromatic N) is 4. The zero-order valence-corrected chi connectivity index (χ0v) is 14.3. The Labute approximate surface area is 141 Å². The van der Waals surface area contributed by atoms with Crippen LogP contribution in [-0.4, -0.2) is 26.6 Å². The van der Waals surface area contributed by atoms with Crippen LogP contribution in [0.25, 0.3) is 0 Å². The second-order valence-electron chi connectivity index (χ2n) is 5.72. The number of hydrogen-bond donors (Lipinski definition) is 1.